The number of hydrogen-bond acceptors (Lipinski definition) is 2. The highest BCUT2D eigenvalue weighted by Gasteiger charge is 2.08. The van der Waals surface area contributed by atoms with Gasteiger partial charge in [-0.05, 0) is 24.6 Å². The van der Waals surface area contributed by atoms with Crippen molar-refractivity contribution in [3.8, 4) is 0 Å². The normalized spacial score (nSPS) is 15.1. The molecule has 0 fully saturated rings. The highest BCUT2D eigenvalue weighted by Crippen LogP contribution is 2.07. The molecule has 4 heteroatoms. The van der Waals surface area contributed by atoms with Crippen LogP contribution in [0.1, 0.15) is 12.0 Å². The molecule has 1 aliphatic rings. The second-order valence-electron chi connectivity index (χ2n) is 4.36. The molecule has 0 bridgehead atoms. The van der Waals surface area contributed by atoms with Crippen LogP contribution in [0, 0.1) is 5.82 Å². The van der Waals surface area contributed by atoms with Crippen LogP contribution in [0.4, 0.5) is 4.39 Å². The van der Waals surface area contributed by atoms with Gasteiger partial charge in [0.1, 0.15) is 5.82 Å². The molecule has 0 aromatic heterocycles. The summed E-state index contributed by atoms with van der Waals surface area (Å²) in [4.78, 5) is 11.7. The van der Waals surface area contributed by atoms with Gasteiger partial charge in [-0.25, -0.2) is 4.39 Å². The molecule has 1 aromatic carbocycles. The number of amides is 1. The molecule has 0 atom stereocenters. The van der Waals surface area contributed by atoms with E-state index in [-0.39, 0.29) is 18.1 Å². The zero-order valence-corrected chi connectivity index (χ0v) is 10.2. The highest BCUT2D eigenvalue weighted by molar-refractivity contribution is 5.78. The Labute approximate surface area is 106 Å². The van der Waals surface area contributed by atoms with Gasteiger partial charge in [-0.1, -0.05) is 29.8 Å². The number of benzene rings is 1. The molecule has 0 aliphatic carbocycles. The molecule has 3 nitrogen and oxygen atoms in total. The lowest BCUT2D eigenvalue weighted by molar-refractivity contribution is -0.120. The van der Waals surface area contributed by atoms with Gasteiger partial charge in [0.25, 0.3) is 0 Å². The second kappa shape index (κ2) is 6.31. The fourth-order valence-corrected chi connectivity index (χ4v) is 1.92. The van der Waals surface area contributed by atoms with Gasteiger partial charge in [0.05, 0.1) is 6.42 Å². The molecule has 2 N–H and O–H groups in total. The van der Waals surface area contributed by atoms with Gasteiger partial charge in [0.2, 0.25) is 5.91 Å². The van der Waals surface area contributed by atoms with Crippen molar-refractivity contribution in [2.24, 2.45) is 0 Å². The van der Waals surface area contributed by atoms with Gasteiger partial charge in [-0.3, -0.25) is 4.79 Å². The van der Waals surface area contributed by atoms with Gasteiger partial charge in [-0.2, -0.15) is 0 Å². The number of hydrogen-bond donors (Lipinski definition) is 2. The Balaban J connectivity index is 1.82. The quantitative estimate of drug-likeness (QED) is 0.791. The van der Waals surface area contributed by atoms with E-state index in [2.05, 4.69) is 16.7 Å². The Bertz CT molecular complexity index is 457. The van der Waals surface area contributed by atoms with Gasteiger partial charge in [0.15, 0.2) is 0 Å². The molecule has 0 unspecified atom stereocenters. The summed E-state index contributed by atoms with van der Waals surface area (Å²) in [5.41, 5.74) is 1.67. The third-order valence-corrected chi connectivity index (χ3v) is 2.98. The largest absolute Gasteiger partial charge is 0.352 e. The molecular formula is C14H17FN2O. The van der Waals surface area contributed by atoms with Crippen LogP contribution in [0.25, 0.3) is 0 Å². The first-order chi connectivity index (χ1) is 8.75. The zero-order chi connectivity index (χ0) is 12.8. The number of nitrogens with one attached hydrogen (secondary N) is 2. The van der Waals surface area contributed by atoms with Crippen molar-refractivity contribution in [3.63, 3.8) is 0 Å². The van der Waals surface area contributed by atoms with E-state index in [1.807, 2.05) is 0 Å². The molecule has 0 saturated carbocycles. The predicted molar refractivity (Wildman–Crippen MR) is 68.7 cm³/mol. The van der Waals surface area contributed by atoms with Gasteiger partial charge in [-0.15, -0.1) is 0 Å². The minimum Gasteiger partial charge on any atom is -0.352 e. The summed E-state index contributed by atoms with van der Waals surface area (Å²) in [6.07, 6.45) is 3.14. The van der Waals surface area contributed by atoms with E-state index in [0.717, 1.165) is 19.5 Å². The fraction of sp³-hybridized carbons (Fsp3) is 0.357. The molecule has 1 heterocycles. The monoisotopic (exact) mass is 248 g/mol. The summed E-state index contributed by atoms with van der Waals surface area (Å²) in [5, 5.41) is 6.04. The van der Waals surface area contributed by atoms with Crippen molar-refractivity contribution >= 4 is 5.91 Å². The summed E-state index contributed by atoms with van der Waals surface area (Å²) in [5.74, 6) is -0.465. The molecule has 2 rings (SSSR count). The molecule has 0 radical (unpaired) electrons. The topological polar surface area (TPSA) is 41.1 Å². The molecule has 0 spiro atoms. The first-order valence-electron chi connectivity index (χ1n) is 6.14. The first-order valence-corrected chi connectivity index (χ1v) is 6.14. The third kappa shape index (κ3) is 3.67. The van der Waals surface area contributed by atoms with Gasteiger partial charge < -0.3 is 10.6 Å². The summed E-state index contributed by atoms with van der Waals surface area (Å²) in [6, 6.07) is 6.37. The minimum atomic E-state index is -0.325. The zero-order valence-electron chi connectivity index (χ0n) is 10.2. The second-order valence-corrected chi connectivity index (χ2v) is 4.36. The molecular weight excluding hydrogens is 231 g/mol. The Hall–Kier alpha value is -1.68. The van der Waals surface area contributed by atoms with Gasteiger partial charge in [0, 0.05) is 13.1 Å². The predicted octanol–water partition coefficient (Wildman–Crippen LogP) is 1.40. The van der Waals surface area contributed by atoms with E-state index in [0.29, 0.717) is 12.1 Å². The Morgan fingerprint density at radius 2 is 2.22 bits per heavy atom. The number of rotatable bonds is 4. The van der Waals surface area contributed by atoms with Crippen molar-refractivity contribution in [1.29, 1.82) is 0 Å². The summed E-state index contributed by atoms with van der Waals surface area (Å²) >= 11 is 0. The summed E-state index contributed by atoms with van der Waals surface area (Å²) in [7, 11) is 0. The SMILES string of the molecule is O=C(Cc1ccccc1F)NCC1=CCNCC1. The van der Waals surface area contributed by atoms with Crippen LogP contribution in [0.5, 0.6) is 0 Å². The lowest BCUT2D eigenvalue weighted by atomic mass is 10.1. The van der Waals surface area contributed by atoms with Crippen molar-refractivity contribution < 1.29 is 9.18 Å². The maximum atomic E-state index is 13.3. The standard InChI is InChI=1S/C14H17FN2O/c15-13-4-2-1-3-12(13)9-14(18)17-10-11-5-7-16-8-6-11/h1-5,16H,6-10H2,(H,17,18). The van der Waals surface area contributed by atoms with Crippen LogP contribution < -0.4 is 10.6 Å². The van der Waals surface area contributed by atoms with Crippen LogP contribution in [-0.2, 0) is 11.2 Å². The van der Waals surface area contributed by atoms with E-state index in [1.54, 1.807) is 18.2 Å². The van der Waals surface area contributed by atoms with E-state index < -0.39 is 0 Å². The van der Waals surface area contributed by atoms with Crippen molar-refractivity contribution in [2.45, 2.75) is 12.8 Å². The van der Waals surface area contributed by atoms with Crippen molar-refractivity contribution in [1.82, 2.24) is 10.6 Å². The average Bonchev–Trinajstić information content (AvgIpc) is 2.40. The Morgan fingerprint density at radius 1 is 1.39 bits per heavy atom. The molecule has 1 aromatic rings. The van der Waals surface area contributed by atoms with Crippen LogP contribution in [-0.4, -0.2) is 25.5 Å². The molecule has 1 amide bonds. The van der Waals surface area contributed by atoms with E-state index in [4.69, 9.17) is 0 Å². The molecule has 18 heavy (non-hydrogen) atoms. The smallest absolute Gasteiger partial charge is 0.224 e. The third-order valence-electron chi connectivity index (χ3n) is 2.98. The van der Waals surface area contributed by atoms with Crippen LogP contribution in [0.15, 0.2) is 35.9 Å². The van der Waals surface area contributed by atoms with Crippen molar-refractivity contribution in [3.05, 3.63) is 47.3 Å². The van der Waals surface area contributed by atoms with Crippen LogP contribution in [0.3, 0.4) is 0 Å². The van der Waals surface area contributed by atoms with Gasteiger partial charge >= 0.3 is 0 Å². The maximum Gasteiger partial charge on any atom is 0.224 e. The number of carbonyl (C=O) groups is 1. The lowest BCUT2D eigenvalue weighted by Gasteiger charge is -2.14. The molecule has 0 saturated heterocycles. The van der Waals surface area contributed by atoms with E-state index in [1.165, 1.54) is 11.6 Å². The summed E-state index contributed by atoms with van der Waals surface area (Å²) in [6.45, 7) is 2.38. The number of halogens is 1. The number of carbonyl (C=O) groups excluding carboxylic acids is 1. The van der Waals surface area contributed by atoms with Crippen LogP contribution >= 0.6 is 0 Å². The molecule has 1 aliphatic heterocycles. The molecule has 96 valence electrons. The van der Waals surface area contributed by atoms with Crippen molar-refractivity contribution in [2.75, 3.05) is 19.6 Å². The minimum absolute atomic E-state index is 0.0954. The lowest BCUT2D eigenvalue weighted by Crippen LogP contribution is -2.30. The Kier molecular flexibility index (Phi) is 4.47. The average molecular weight is 248 g/mol. The van der Waals surface area contributed by atoms with E-state index >= 15 is 0 Å². The fourth-order valence-electron chi connectivity index (χ4n) is 1.92. The summed E-state index contributed by atoms with van der Waals surface area (Å²) < 4.78 is 13.3. The van der Waals surface area contributed by atoms with E-state index in [9.17, 15) is 9.18 Å². The Morgan fingerprint density at radius 3 is 2.94 bits per heavy atom. The van der Waals surface area contributed by atoms with Crippen LogP contribution in [0.2, 0.25) is 0 Å². The highest BCUT2D eigenvalue weighted by atomic mass is 19.1. The maximum absolute atomic E-state index is 13.3. The first kappa shape index (κ1) is 12.8.